The van der Waals surface area contributed by atoms with Crippen molar-refractivity contribution in [2.24, 2.45) is 0 Å². The van der Waals surface area contributed by atoms with Gasteiger partial charge < -0.3 is 0 Å². The number of rotatable bonds is 4. The molecule has 5 heteroatoms. The van der Waals surface area contributed by atoms with Crippen LogP contribution in [-0.2, 0) is 9.84 Å². The van der Waals surface area contributed by atoms with Crippen LogP contribution in [0.3, 0.4) is 0 Å². The molecule has 0 aromatic heterocycles. The minimum absolute atomic E-state index is 0.346. The normalized spacial score (nSPS) is 22.6. The Morgan fingerprint density at radius 2 is 2.00 bits per heavy atom. The zero-order valence-electron chi connectivity index (χ0n) is 12.4. The van der Waals surface area contributed by atoms with Crippen LogP contribution in [-0.4, -0.2) is 43.7 Å². The van der Waals surface area contributed by atoms with E-state index in [2.05, 4.69) is 30.5 Å². The molecule has 0 spiro atoms. The number of benzene rings is 1. The molecule has 2 rings (SSSR count). The third-order valence-corrected chi connectivity index (χ3v) is 6.46. The highest BCUT2D eigenvalue weighted by Gasteiger charge is 2.23. The third kappa shape index (κ3) is 3.77. The Morgan fingerprint density at radius 3 is 2.55 bits per heavy atom. The molecule has 20 heavy (non-hydrogen) atoms. The van der Waals surface area contributed by atoms with E-state index >= 15 is 0 Å². The van der Waals surface area contributed by atoms with Gasteiger partial charge in [-0.25, -0.2) is 8.42 Å². The van der Waals surface area contributed by atoms with Crippen molar-refractivity contribution in [2.75, 3.05) is 25.1 Å². The van der Waals surface area contributed by atoms with Gasteiger partial charge in [0.15, 0.2) is 9.84 Å². The fourth-order valence-corrected chi connectivity index (χ4v) is 4.38. The van der Waals surface area contributed by atoms with Crippen molar-refractivity contribution in [1.29, 1.82) is 0 Å². The highest BCUT2D eigenvalue weighted by atomic mass is 32.2. The van der Waals surface area contributed by atoms with Crippen molar-refractivity contribution in [3.05, 3.63) is 29.8 Å². The van der Waals surface area contributed by atoms with Gasteiger partial charge in [0.1, 0.15) is 0 Å². The SMILES string of the molecule is CCC1CN(C(C)c2ccc(S(C)(=O)=O)cc2)CCS1. The molecule has 1 aliphatic heterocycles. The topological polar surface area (TPSA) is 37.4 Å². The average molecular weight is 313 g/mol. The van der Waals surface area contributed by atoms with Crippen LogP contribution >= 0.6 is 11.8 Å². The number of sulfone groups is 1. The molecule has 1 fully saturated rings. The lowest BCUT2D eigenvalue weighted by atomic mass is 10.1. The Kier molecular flexibility index (Phi) is 5.15. The molecule has 1 aromatic carbocycles. The fourth-order valence-electron chi connectivity index (χ4n) is 2.55. The Bertz CT molecular complexity index is 539. The molecule has 3 nitrogen and oxygen atoms in total. The summed E-state index contributed by atoms with van der Waals surface area (Å²) in [7, 11) is -3.10. The molecular formula is C15H23NO2S2. The van der Waals surface area contributed by atoms with Crippen molar-refractivity contribution >= 4 is 21.6 Å². The van der Waals surface area contributed by atoms with Gasteiger partial charge in [-0.2, -0.15) is 11.8 Å². The minimum atomic E-state index is -3.10. The zero-order chi connectivity index (χ0) is 14.8. The molecule has 1 heterocycles. The lowest BCUT2D eigenvalue weighted by molar-refractivity contribution is 0.217. The first-order valence-corrected chi connectivity index (χ1v) is 10.0. The van der Waals surface area contributed by atoms with E-state index in [0.29, 0.717) is 10.9 Å². The van der Waals surface area contributed by atoms with Gasteiger partial charge in [0, 0.05) is 36.4 Å². The third-order valence-electron chi connectivity index (χ3n) is 3.96. The molecule has 2 atom stereocenters. The van der Waals surface area contributed by atoms with Gasteiger partial charge in [-0.05, 0) is 31.0 Å². The predicted octanol–water partition coefficient (Wildman–Crippen LogP) is 2.98. The Hall–Kier alpha value is -0.520. The van der Waals surface area contributed by atoms with Crippen LogP contribution in [0.1, 0.15) is 31.9 Å². The summed E-state index contributed by atoms with van der Waals surface area (Å²) < 4.78 is 23.0. The van der Waals surface area contributed by atoms with Gasteiger partial charge in [0.2, 0.25) is 0 Å². The van der Waals surface area contributed by atoms with E-state index in [0.717, 1.165) is 18.3 Å². The molecule has 0 N–H and O–H groups in total. The molecule has 0 bridgehead atoms. The summed E-state index contributed by atoms with van der Waals surface area (Å²) in [5, 5.41) is 0.724. The molecule has 1 aromatic rings. The first kappa shape index (κ1) is 15.9. The number of hydrogen-bond donors (Lipinski definition) is 0. The van der Waals surface area contributed by atoms with E-state index < -0.39 is 9.84 Å². The predicted molar refractivity (Wildman–Crippen MR) is 86.1 cm³/mol. The van der Waals surface area contributed by atoms with E-state index in [1.165, 1.54) is 24.0 Å². The Balaban J connectivity index is 2.11. The van der Waals surface area contributed by atoms with Gasteiger partial charge in [0.05, 0.1) is 4.90 Å². The molecule has 2 unspecified atom stereocenters. The quantitative estimate of drug-likeness (QED) is 0.856. The molecule has 0 amide bonds. The van der Waals surface area contributed by atoms with Crippen LogP contribution in [0, 0.1) is 0 Å². The molecule has 1 aliphatic rings. The lowest BCUT2D eigenvalue weighted by Gasteiger charge is -2.36. The summed E-state index contributed by atoms with van der Waals surface area (Å²) in [6, 6.07) is 7.68. The second-order valence-corrected chi connectivity index (χ2v) is 8.84. The van der Waals surface area contributed by atoms with Gasteiger partial charge in [-0.3, -0.25) is 4.90 Å². The summed E-state index contributed by atoms with van der Waals surface area (Å²) in [6.45, 7) is 6.68. The van der Waals surface area contributed by atoms with Gasteiger partial charge in [-0.15, -0.1) is 0 Å². The van der Waals surface area contributed by atoms with E-state index in [4.69, 9.17) is 0 Å². The molecule has 112 valence electrons. The zero-order valence-corrected chi connectivity index (χ0v) is 14.0. The summed E-state index contributed by atoms with van der Waals surface area (Å²) in [5.41, 5.74) is 1.19. The van der Waals surface area contributed by atoms with Crippen LogP contribution in [0.4, 0.5) is 0 Å². The van der Waals surface area contributed by atoms with Crippen molar-refractivity contribution in [3.8, 4) is 0 Å². The van der Waals surface area contributed by atoms with Crippen LogP contribution in [0.5, 0.6) is 0 Å². The summed E-state index contributed by atoms with van der Waals surface area (Å²) in [5.74, 6) is 1.18. The van der Waals surface area contributed by atoms with Crippen molar-refractivity contribution < 1.29 is 8.42 Å². The average Bonchev–Trinajstić information content (AvgIpc) is 2.46. The van der Waals surface area contributed by atoms with Gasteiger partial charge in [0.25, 0.3) is 0 Å². The Morgan fingerprint density at radius 1 is 1.35 bits per heavy atom. The highest BCUT2D eigenvalue weighted by Crippen LogP contribution is 2.28. The fraction of sp³-hybridized carbons (Fsp3) is 0.600. The summed E-state index contributed by atoms with van der Waals surface area (Å²) in [6.07, 6.45) is 2.46. The van der Waals surface area contributed by atoms with Crippen molar-refractivity contribution in [2.45, 2.75) is 36.5 Å². The van der Waals surface area contributed by atoms with Crippen LogP contribution in [0.25, 0.3) is 0 Å². The molecule has 0 radical (unpaired) electrons. The van der Waals surface area contributed by atoms with Gasteiger partial charge >= 0.3 is 0 Å². The summed E-state index contributed by atoms with van der Waals surface area (Å²) >= 11 is 2.06. The largest absolute Gasteiger partial charge is 0.295 e. The van der Waals surface area contributed by atoms with Crippen LogP contribution < -0.4 is 0 Å². The Labute approximate surface area is 126 Å². The minimum Gasteiger partial charge on any atom is -0.295 e. The first-order chi connectivity index (χ1) is 9.41. The lowest BCUT2D eigenvalue weighted by Crippen LogP contribution is -2.39. The monoisotopic (exact) mass is 313 g/mol. The van der Waals surface area contributed by atoms with Crippen LogP contribution in [0.2, 0.25) is 0 Å². The van der Waals surface area contributed by atoms with Crippen molar-refractivity contribution in [3.63, 3.8) is 0 Å². The maximum absolute atomic E-state index is 11.5. The van der Waals surface area contributed by atoms with E-state index in [1.807, 2.05) is 12.1 Å². The molecule has 1 saturated heterocycles. The smallest absolute Gasteiger partial charge is 0.175 e. The highest BCUT2D eigenvalue weighted by molar-refractivity contribution is 8.00. The number of thioether (sulfide) groups is 1. The molecular weight excluding hydrogens is 290 g/mol. The number of hydrogen-bond acceptors (Lipinski definition) is 4. The van der Waals surface area contributed by atoms with E-state index in [-0.39, 0.29) is 0 Å². The maximum atomic E-state index is 11.5. The standard InChI is InChI=1S/C15H23NO2S2/c1-4-14-11-16(9-10-19-14)12(2)13-5-7-15(8-6-13)20(3,17)18/h5-8,12,14H,4,9-11H2,1-3H3. The van der Waals surface area contributed by atoms with Gasteiger partial charge in [-0.1, -0.05) is 19.1 Å². The van der Waals surface area contributed by atoms with E-state index in [9.17, 15) is 8.42 Å². The first-order valence-electron chi connectivity index (χ1n) is 7.07. The van der Waals surface area contributed by atoms with Crippen LogP contribution in [0.15, 0.2) is 29.2 Å². The second kappa shape index (κ2) is 6.50. The summed E-state index contributed by atoms with van der Waals surface area (Å²) in [4.78, 5) is 2.90. The number of nitrogens with zero attached hydrogens (tertiary/aromatic N) is 1. The van der Waals surface area contributed by atoms with E-state index in [1.54, 1.807) is 12.1 Å². The molecule has 0 aliphatic carbocycles. The van der Waals surface area contributed by atoms with Crippen molar-refractivity contribution in [1.82, 2.24) is 4.90 Å². The molecule has 0 saturated carbocycles. The second-order valence-electron chi connectivity index (χ2n) is 5.41. The maximum Gasteiger partial charge on any atom is 0.175 e.